The van der Waals surface area contributed by atoms with Crippen LogP contribution in [-0.2, 0) is 21.7 Å². The summed E-state index contributed by atoms with van der Waals surface area (Å²) in [6.45, 7) is 8.44. The van der Waals surface area contributed by atoms with Crippen LogP contribution < -0.4 is 37.2 Å². The second kappa shape index (κ2) is 23.8. The zero-order valence-electron chi connectivity index (χ0n) is 14.0. The van der Waals surface area contributed by atoms with Gasteiger partial charge >= 0.3 is 21.7 Å². The summed E-state index contributed by atoms with van der Waals surface area (Å²) in [6.07, 6.45) is 7.84. The molecular formula is C17H25Cl3SiTi-3. The molecule has 22 heavy (non-hydrogen) atoms. The molecule has 1 aromatic carbocycles. The molecular weight excluding hydrogens is 386 g/mol. The first-order valence-electron chi connectivity index (χ1n) is 6.52. The average Bonchev–Trinajstić information content (AvgIpc) is 2.77. The van der Waals surface area contributed by atoms with Crippen LogP contribution in [0.1, 0.15) is 40.5 Å². The van der Waals surface area contributed by atoms with Gasteiger partial charge in [0.15, 0.2) is 0 Å². The molecule has 1 radical (unpaired) electrons. The Labute approximate surface area is 174 Å². The van der Waals surface area contributed by atoms with Crippen molar-refractivity contribution in [2.45, 2.75) is 40.5 Å². The monoisotopic (exact) mass is 410 g/mol. The fourth-order valence-corrected chi connectivity index (χ4v) is 2.07. The quantitative estimate of drug-likeness (QED) is 0.320. The van der Waals surface area contributed by atoms with E-state index < -0.39 is 0 Å². The van der Waals surface area contributed by atoms with Gasteiger partial charge in [0, 0.05) is 0 Å². The normalized spacial score (nSPS) is 10.6. The fraction of sp³-hybridized carbons (Fsp3) is 0.353. The standard InChI is InChI=1S/C7H11Si.C6H5.C4H9.3ClH.Ti/c1-2-6-4-3-5-7(6)8;1-2-4-6-5-3-1;1-4(2)3;;;;/h5H,2-3H2,1,8H3;1-5H;1-3H3;3*1H;/q3*-1;;;;+3/p-3. The van der Waals surface area contributed by atoms with Crippen LogP contribution in [0.2, 0.25) is 0 Å². The van der Waals surface area contributed by atoms with Gasteiger partial charge in [-0.1, -0.05) is 13.3 Å². The predicted molar refractivity (Wildman–Crippen MR) is 85.2 cm³/mol. The first-order valence-corrected chi connectivity index (χ1v) is 7.52. The van der Waals surface area contributed by atoms with E-state index in [2.05, 4.69) is 45.9 Å². The molecule has 0 saturated heterocycles. The summed E-state index contributed by atoms with van der Waals surface area (Å²) in [7, 11) is 1.21. The summed E-state index contributed by atoms with van der Waals surface area (Å²) in [6, 6.07) is 12.5. The molecule has 0 fully saturated rings. The minimum atomic E-state index is 0. The molecule has 0 bridgehead atoms. The van der Waals surface area contributed by atoms with Crippen molar-refractivity contribution in [3.63, 3.8) is 0 Å². The third-order valence-electron chi connectivity index (χ3n) is 2.16. The first kappa shape index (κ1) is 34.0. The SMILES string of the molecule is CCC1=[C-]CC=C1[SiH3].C[C-](C)C.[Cl-].[Cl-].[Cl-].[Ti+3].[c-]1ccccc1. The summed E-state index contributed by atoms with van der Waals surface area (Å²) >= 11 is 0. The van der Waals surface area contributed by atoms with E-state index in [0.29, 0.717) is 0 Å². The van der Waals surface area contributed by atoms with E-state index in [1.165, 1.54) is 28.2 Å². The predicted octanol–water partition coefficient (Wildman–Crippen LogP) is -5.10. The van der Waals surface area contributed by atoms with Crippen molar-refractivity contribution in [2.75, 3.05) is 0 Å². The summed E-state index contributed by atoms with van der Waals surface area (Å²) < 4.78 is 0. The minimum Gasteiger partial charge on any atom is -1.00 e. The van der Waals surface area contributed by atoms with Crippen molar-refractivity contribution in [1.82, 2.24) is 0 Å². The van der Waals surface area contributed by atoms with Gasteiger partial charge in [-0.05, 0) is 10.2 Å². The van der Waals surface area contributed by atoms with Crippen LogP contribution in [0, 0.1) is 18.1 Å². The maximum absolute atomic E-state index is 3.31. The van der Waals surface area contributed by atoms with E-state index in [9.17, 15) is 0 Å². The Morgan fingerprint density at radius 3 is 1.64 bits per heavy atom. The van der Waals surface area contributed by atoms with Gasteiger partial charge < -0.3 is 43.1 Å². The molecule has 1 aromatic rings. The van der Waals surface area contributed by atoms with Crippen molar-refractivity contribution in [1.29, 1.82) is 0 Å². The van der Waals surface area contributed by atoms with Crippen LogP contribution in [0.3, 0.4) is 0 Å². The molecule has 0 aliphatic heterocycles. The van der Waals surface area contributed by atoms with Gasteiger partial charge in [0.05, 0.1) is 0 Å². The van der Waals surface area contributed by atoms with Crippen molar-refractivity contribution in [2.24, 2.45) is 0 Å². The van der Waals surface area contributed by atoms with E-state index in [1.54, 1.807) is 5.20 Å². The average molecular weight is 412 g/mol. The van der Waals surface area contributed by atoms with E-state index in [4.69, 9.17) is 0 Å². The molecule has 0 unspecified atom stereocenters. The number of hydrogen-bond donors (Lipinski definition) is 0. The Morgan fingerprint density at radius 2 is 1.50 bits per heavy atom. The van der Waals surface area contributed by atoms with E-state index in [-0.39, 0.29) is 58.9 Å². The van der Waals surface area contributed by atoms with Gasteiger partial charge in [-0.25, -0.2) is 10.8 Å². The van der Waals surface area contributed by atoms with E-state index in [1.807, 2.05) is 30.3 Å². The third kappa shape index (κ3) is 22.8. The maximum atomic E-state index is 3.31. The molecule has 0 saturated carbocycles. The van der Waals surface area contributed by atoms with Crippen LogP contribution in [0.4, 0.5) is 0 Å². The molecule has 1 aliphatic carbocycles. The molecule has 5 heteroatoms. The second-order valence-corrected chi connectivity index (χ2v) is 5.75. The molecule has 1 aliphatic rings. The molecule has 0 aromatic heterocycles. The number of benzene rings is 1. The number of hydrogen-bond acceptors (Lipinski definition) is 0. The molecule has 2 rings (SSSR count). The molecule has 0 heterocycles. The van der Waals surface area contributed by atoms with Crippen LogP contribution >= 0.6 is 0 Å². The second-order valence-electron chi connectivity index (χ2n) is 4.68. The van der Waals surface area contributed by atoms with Crippen LogP contribution in [0.15, 0.2) is 47.2 Å². The van der Waals surface area contributed by atoms with Gasteiger partial charge in [-0.2, -0.15) is 63.2 Å². The topological polar surface area (TPSA) is 0 Å². The third-order valence-corrected chi connectivity index (χ3v) is 3.17. The summed E-state index contributed by atoms with van der Waals surface area (Å²) in [4.78, 5) is 0. The summed E-state index contributed by atoms with van der Waals surface area (Å²) in [5, 5.41) is 1.56. The zero-order chi connectivity index (χ0) is 13.8. The minimum absolute atomic E-state index is 0. The Hall–Kier alpha value is 0.501. The fourth-order valence-electron chi connectivity index (χ4n) is 1.34. The van der Waals surface area contributed by atoms with Crippen LogP contribution in [0.25, 0.3) is 0 Å². The molecule has 0 amide bonds. The van der Waals surface area contributed by atoms with Gasteiger partial charge in [-0.3, -0.25) is 6.08 Å². The number of halogens is 3. The van der Waals surface area contributed by atoms with Crippen LogP contribution in [0.5, 0.6) is 0 Å². The molecule has 125 valence electrons. The Kier molecular flexibility index (Phi) is 36.7. The number of allylic oxidation sites excluding steroid dienone is 4. The molecule has 0 spiro atoms. The van der Waals surface area contributed by atoms with Gasteiger partial charge in [0.25, 0.3) is 0 Å². The van der Waals surface area contributed by atoms with Crippen molar-refractivity contribution < 1.29 is 58.9 Å². The summed E-state index contributed by atoms with van der Waals surface area (Å²) in [5.41, 5.74) is 1.47. The Morgan fingerprint density at radius 1 is 1.05 bits per heavy atom. The Balaban J connectivity index is -0.0000000631. The van der Waals surface area contributed by atoms with Crippen molar-refractivity contribution in [3.8, 4) is 0 Å². The van der Waals surface area contributed by atoms with Crippen molar-refractivity contribution >= 4 is 10.2 Å². The van der Waals surface area contributed by atoms with Gasteiger partial charge in [0.1, 0.15) is 0 Å². The molecule has 0 atom stereocenters. The largest absolute Gasteiger partial charge is 3.00 e. The smallest absolute Gasteiger partial charge is 1.00 e. The number of rotatable bonds is 1. The Bertz CT molecular complexity index is 336. The summed E-state index contributed by atoms with van der Waals surface area (Å²) in [5.74, 6) is 1.42. The van der Waals surface area contributed by atoms with Gasteiger partial charge in [0.2, 0.25) is 0 Å². The zero-order valence-corrected chi connectivity index (χ0v) is 19.8. The van der Waals surface area contributed by atoms with E-state index in [0.717, 1.165) is 6.42 Å². The van der Waals surface area contributed by atoms with Crippen molar-refractivity contribution in [3.05, 3.63) is 65.2 Å². The van der Waals surface area contributed by atoms with Gasteiger partial charge in [-0.15, -0.1) is 6.42 Å². The first-order chi connectivity index (χ1) is 8.57. The molecule has 0 nitrogen and oxygen atoms in total. The molecule has 0 N–H and O–H groups in total. The van der Waals surface area contributed by atoms with Crippen LogP contribution in [-0.4, -0.2) is 10.2 Å². The van der Waals surface area contributed by atoms with E-state index >= 15 is 0 Å². The maximum Gasteiger partial charge on any atom is 3.00 e.